The van der Waals surface area contributed by atoms with E-state index < -0.39 is 0 Å². The van der Waals surface area contributed by atoms with E-state index in [9.17, 15) is 9.50 Å². The predicted octanol–water partition coefficient (Wildman–Crippen LogP) is 3.75. The van der Waals surface area contributed by atoms with Crippen LogP contribution in [0.3, 0.4) is 0 Å². The first-order chi connectivity index (χ1) is 7.72. The molecule has 0 unspecified atom stereocenters. The van der Waals surface area contributed by atoms with Gasteiger partial charge >= 0.3 is 0 Å². The predicted molar refractivity (Wildman–Crippen MR) is 65.5 cm³/mol. The molecule has 0 amide bonds. The molecule has 1 N–H and O–H groups in total. The van der Waals surface area contributed by atoms with Gasteiger partial charge in [-0.05, 0) is 44.8 Å². The second kappa shape index (κ2) is 4.76. The van der Waals surface area contributed by atoms with Gasteiger partial charge in [-0.25, -0.2) is 4.39 Å². The van der Waals surface area contributed by atoms with Crippen molar-refractivity contribution in [2.45, 2.75) is 6.61 Å². The van der Waals surface area contributed by atoms with Crippen LogP contribution in [-0.4, -0.2) is 5.11 Å². The highest BCUT2D eigenvalue weighted by atomic mass is 79.9. The second-order valence-electron chi connectivity index (χ2n) is 3.44. The number of aliphatic hydroxyl groups is 1. The Bertz CT molecular complexity index is 511. The Balaban J connectivity index is 2.54. The van der Waals surface area contributed by atoms with Crippen molar-refractivity contribution in [1.82, 2.24) is 0 Å². The molecule has 0 aromatic heterocycles. The van der Waals surface area contributed by atoms with Gasteiger partial charge in [0.2, 0.25) is 0 Å². The summed E-state index contributed by atoms with van der Waals surface area (Å²) in [5.74, 6) is -0.301. The Morgan fingerprint density at radius 1 is 1.12 bits per heavy atom. The molecule has 0 atom stereocenters. The average Bonchev–Trinajstić information content (AvgIpc) is 2.32. The molecule has 0 aliphatic carbocycles. The molecule has 1 nitrogen and oxygen atoms in total. The Labute approximate surface area is 102 Å². The van der Waals surface area contributed by atoms with E-state index in [1.165, 1.54) is 6.07 Å². The van der Waals surface area contributed by atoms with Crippen LogP contribution in [0.4, 0.5) is 4.39 Å². The summed E-state index contributed by atoms with van der Waals surface area (Å²) in [6.45, 7) is -0.0478. The van der Waals surface area contributed by atoms with E-state index in [2.05, 4.69) is 15.9 Å². The number of rotatable bonds is 2. The molecule has 0 aliphatic rings. The third-order valence-electron chi connectivity index (χ3n) is 2.42. The first-order valence-electron chi connectivity index (χ1n) is 4.86. The molecule has 2 aromatic rings. The van der Waals surface area contributed by atoms with Crippen LogP contribution in [0.1, 0.15) is 5.56 Å². The van der Waals surface area contributed by atoms with Crippen molar-refractivity contribution in [3.63, 3.8) is 0 Å². The lowest BCUT2D eigenvalue weighted by Gasteiger charge is -2.07. The van der Waals surface area contributed by atoms with Crippen LogP contribution in [0.25, 0.3) is 11.1 Å². The summed E-state index contributed by atoms with van der Waals surface area (Å²) in [6, 6.07) is 12.4. The first kappa shape index (κ1) is 11.3. The summed E-state index contributed by atoms with van der Waals surface area (Å²) in [6.07, 6.45) is 0. The topological polar surface area (TPSA) is 20.2 Å². The number of halogens is 2. The highest BCUT2D eigenvalue weighted by Crippen LogP contribution is 2.27. The second-order valence-corrected chi connectivity index (χ2v) is 4.30. The molecule has 0 spiro atoms. The van der Waals surface area contributed by atoms with Crippen LogP contribution in [0.2, 0.25) is 0 Å². The van der Waals surface area contributed by atoms with Crippen molar-refractivity contribution >= 4 is 15.9 Å². The summed E-state index contributed by atoms with van der Waals surface area (Å²) in [4.78, 5) is 0. The molecule has 0 radical (unpaired) electrons. The lowest BCUT2D eigenvalue weighted by Crippen LogP contribution is -1.89. The van der Waals surface area contributed by atoms with Crippen LogP contribution < -0.4 is 0 Å². The van der Waals surface area contributed by atoms with Crippen LogP contribution in [0.5, 0.6) is 0 Å². The number of aliphatic hydroxyl groups excluding tert-OH is 1. The zero-order chi connectivity index (χ0) is 11.5. The third kappa shape index (κ3) is 2.15. The van der Waals surface area contributed by atoms with E-state index >= 15 is 0 Å². The molecule has 0 heterocycles. The molecule has 0 saturated carbocycles. The molecule has 3 heteroatoms. The fourth-order valence-electron chi connectivity index (χ4n) is 1.60. The van der Waals surface area contributed by atoms with E-state index in [0.29, 0.717) is 4.47 Å². The van der Waals surface area contributed by atoms with Gasteiger partial charge in [-0.15, -0.1) is 0 Å². The quantitative estimate of drug-likeness (QED) is 0.888. The Morgan fingerprint density at radius 3 is 2.56 bits per heavy atom. The van der Waals surface area contributed by atoms with Crippen molar-refractivity contribution < 1.29 is 9.50 Å². The molecular formula is C13H10BrFO. The van der Waals surface area contributed by atoms with Gasteiger partial charge in [0.1, 0.15) is 5.82 Å². The molecule has 0 bridgehead atoms. The first-order valence-corrected chi connectivity index (χ1v) is 5.66. The van der Waals surface area contributed by atoms with Crippen LogP contribution in [0.15, 0.2) is 46.9 Å². The Morgan fingerprint density at radius 2 is 1.88 bits per heavy atom. The maximum atomic E-state index is 13.4. The fourth-order valence-corrected chi connectivity index (χ4v) is 1.85. The molecule has 2 aromatic carbocycles. The van der Waals surface area contributed by atoms with E-state index in [1.54, 1.807) is 6.07 Å². The standard InChI is InChI=1S/C13H10BrFO/c14-12-6-5-9(7-13(12)15)11-4-2-1-3-10(11)8-16/h1-7,16H,8H2. The minimum absolute atomic E-state index is 0.0478. The molecule has 0 saturated heterocycles. The average molecular weight is 281 g/mol. The van der Waals surface area contributed by atoms with Gasteiger partial charge in [0, 0.05) is 0 Å². The van der Waals surface area contributed by atoms with Gasteiger partial charge in [-0.2, -0.15) is 0 Å². The van der Waals surface area contributed by atoms with Crippen molar-refractivity contribution in [3.8, 4) is 11.1 Å². The van der Waals surface area contributed by atoms with Crippen LogP contribution in [0, 0.1) is 5.82 Å². The highest BCUT2D eigenvalue weighted by Gasteiger charge is 2.06. The van der Waals surface area contributed by atoms with Crippen LogP contribution >= 0.6 is 15.9 Å². The minimum Gasteiger partial charge on any atom is -0.392 e. The summed E-state index contributed by atoms with van der Waals surface area (Å²) < 4.78 is 13.8. The molecule has 2 rings (SSSR count). The maximum absolute atomic E-state index is 13.4. The smallest absolute Gasteiger partial charge is 0.137 e. The molecule has 82 valence electrons. The minimum atomic E-state index is -0.301. The lowest BCUT2D eigenvalue weighted by molar-refractivity contribution is 0.282. The number of benzene rings is 2. The van der Waals surface area contributed by atoms with Crippen molar-refractivity contribution in [3.05, 3.63) is 58.3 Å². The van der Waals surface area contributed by atoms with E-state index in [1.807, 2.05) is 30.3 Å². The lowest BCUT2D eigenvalue weighted by atomic mass is 10.0. The Hall–Kier alpha value is -1.19. The molecular weight excluding hydrogens is 271 g/mol. The van der Waals surface area contributed by atoms with Crippen molar-refractivity contribution in [1.29, 1.82) is 0 Å². The highest BCUT2D eigenvalue weighted by molar-refractivity contribution is 9.10. The van der Waals surface area contributed by atoms with Gasteiger partial charge in [0.05, 0.1) is 11.1 Å². The van der Waals surface area contributed by atoms with E-state index in [0.717, 1.165) is 16.7 Å². The monoisotopic (exact) mass is 280 g/mol. The third-order valence-corrected chi connectivity index (χ3v) is 3.06. The summed E-state index contributed by atoms with van der Waals surface area (Å²) in [5, 5.41) is 9.20. The Kier molecular flexibility index (Phi) is 3.36. The number of hydrogen-bond acceptors (Lipinski definition) is 1. The van der Waals surface area contributed by atoms with Gasteiger partial charge in [-0.1, -0.05) is 30.3 Å². The zero-order valence-electron chi connectivity index (χ0n) is 8.45. The fraction of sp³-hybridized carbons (Fsp3) is 0.0769. The van der Waals surface area contributed by atoms with Gasteiger partial charge in [0.25, 0.3) is 0 Å². The summed E-state index contributed by atoms with van der Waals surface area (Å²) in [5.41, 5.74) is 2.42. The summed E-state index contributed by atoms with van der Waals surface area (Å²) in [7, 11) is 0. The molecule has 0 fully saturated rings. The molecule has 0 aliphatic heterocycles. The summed E-state index contributed by atoms with van der Waals surface area (Å²) >= 11 is 3.11. The molecule has 16 heavy (non-hydrogen) atoms. The largest absolute Gasteiger partial charge is 0.392 e. The van der Waals surface area contributed by atoms with E-state index in [4.69, 9.17) is 0 Å². The van der Waals surface area contributed by atoms with Crippen LogP contribution in [-0.2, 0) is 6.61 Å². The SMILES string of the molecule is OCc1ccccc1-c1ccc(Br)c(F)c1. The van der Waals surface area contributed by atoms with Crippen molar-refractivity contribution in [2.24, 2.45) is 0 Å². The number of hydrogen-bond donors (Lipinski definition) is 1. The van der Waals surface area contributed by atoms with Gasteiger partial charge in [-0.3, -0.25) is 0 Å². The van der Waals surface area contributed by atoms with Crippen molar-refractivity contribution in [2.75, 3.05) is 0 Å². The maximum Gasteiger partial charge on any atom is 0.137 e. The normalized spacial score (nSPS) is 10.4. The zero-order valence-corrected chi connectivity index (χ0v) is 10.0. The van der Waals surface area contributed by atoms with Gasteiger partial charge < -0.3 is 5.11 Å². The van der Waals surface area contributed by atoms with E-state index in [-0.39, 0.29) is 12.4 Å². The van der Waals surface area contributed by atoms with Gasteiger partial charge in [0.15, 0.2) is 0 Å².